The Hall–Kier alpha value is -1.96. The maximum Gasteiger partial charge on any atom is 0.328 e. The Morgan fingerprint density at radius 3 is 2.89 bits per heavy atom. The van der Waals surface area contributed by atoms with Gasteiger partial charge in [0.1, 0.15) is 12.0 Å². The zero-order valence-corrected chi connectivity index (χ0v) is 11.4. The summed E-state index contributed by atoms with van der Waals surface area (Å²) >= 11 is 2.91. The molecule has 0 aliphatic carbocycles. The van der Waals surface area contributed by atoms with Crippen LogP contribution in [-0.2, 0) is 6.54 Å². The smallest absolute Gasteiger partial charge is 0.328 e. The van der Waals surface area contributed by atoms with Gasteiger partial charge in [0.2, 0.25) is 5.82 Å². The van der Waals surface area contributed by atoms with E-state index in [2.05, 4.69) is 26.2 Å². The highest BCUT2D eigenvalue weighted by atomic mass is 79.9. The van der Waals surface area contributed by atoms with Crippen molar-refractivity contribution in [1.29, 1.82) is 0 Å². The van der Waals surface area contributed by atoms with Crippen molar-refractivity contribution in [2.45, 2.75) is 13.5 Å². The molecule has 0 saturated heterocycles. The maximum atomic E-state index is 13.7. The van der Waals surface area contributed by atoms with Crippen molar-refractivity contribution < 1.29 is 13.7 Å². The average Bonchev–Trinajstić information content (AvgIpc) is 2.76. The van der Waals surface area contributed by atoms with Crippen LogP contribution in [0.15, 0.2) is 27.3 Å². The molecule has 0 bridgehead atoms. The number of aromatic nitrogens is 1. The molecule has 2 aromatic rings. The lowest BCUT2D eigenvalue weighted by Gasteiger charge is -2.06. The molecule has 8 heteroatoms. The first-order valence-corrected chi connectivity index (χ1v) is 6.05. The third-order valence-corrected chi connectivity index (χ3v) is 2.99. The first kappa shape index (κ1) is 13.5. The lowest BCUT2D eigenvalue weighted by atomic mass is 10.2. The van der Waals surface area contributed by atoms with Crippen molar-refractivity contribution in [2.75, 3.05) is 5.32 Å². The molecule has 0 aliphatic heterocycles. The Bertz CT molecular complexity index is 630. The van der Waals surface area contributed by atoms with Crippen molar-refractivity contribution in [3.8, 4) is 0 Å². The fourth-order valence-electron chi connectivity index (χ4n) is 1.54. The van der Waals surface area contributed by atoms with Crippen LogP contribution in [0.5, 0.6) is 0 Å². The van der Waals surface area contributed by atoms with Crippen molar-refractivity contribution in [2.24, 2.45) is 0 Å². The van der Waals surface area contributed by atoms with E-state index in [0.29, 0.717) is 11.6 Å². The van der Waals surface area contributed by atoms with Crippen LogP contribution in [0.3, 0.4) is 0 Å². The largest absolute Gasteiger partial charge is 0.449 e. The van der Waals surface area contributed by atoms with E-state index in [9.17, 15) is 14.5 Å². The van der Waals surface area contributed by atoms with Gasteiger partial charge in [0, 0.05) is 6.92 Å². The van der Waals surface area contributed by atoms with Crippen LogP contribution >= 0.6 is 15.9 Å². The lowest BCUT2D eigenvalue weighted by Crippen LogP contribution is -2.05. The lowest BCUT2D eigenvalue weighted by molar-refractivity contribution is -0.386. The number of anilines is 1. The number of aryl methyl sites for hydroxylation is 1. The van der Waals surface area contributed by atoms with Gasteiger partial charge in [-0.25, -0.2) is 4.98 Å². The minimum atomic E-state index is -0.911. The number of oxazole rings is 1. The van der Waals surface area contributed by atoms with E-state index in [0.717, 1.165) is 0 Å². The molecule has 0 spiro atoms. The molecule has 0 amide bonds. The number of hydrogen-bond donors (Lipinski definition) is 1. The Morgan fingerprint density at radius 1 is 1.58 bits per heavy atom. The third kappa shape index (κ3) is 2.90. The predicted molar refractivity (Wildman–Crippen MR) is 69.3 cm³/mol. The normalized spacial score (nSPS) is 10.5. The number of rotatable bonds is 4. The molecule has 0 atom stereocenters. The number of halogens is 2. The molecule has 6 nitrogen and oxygen atoms in total. The van der Waals surface area contributed by atoms with E-state index in [4.69, 9.17) is 4.42 Å². The second kappa shape index (κ2) is 5.35. The molecular formula is C11H9BrFN3O3. The molecule has 1 aromatic carbocycles. The predicted octanol–water partition coefficient (Wildman–Crippen LogP) is 3.40. The van der Waals surface area contributed by atoms with Crippen molar-refractivity contribution in [3.63, 3.8) is 0 Å². The van der Waals surface area contributed by atoms with Crippen LogP contribution in [0, 0.1) is 22.9 Å². The van der Waals surface area contributed by atoms with Crippen LogP contribution in [-0.4, -0.2) is 9.91 Å². The number of nitro groups is 1. The van der Waals surface area contributed by atoms with Gasteiger partial charge in [0.05, 0.1) is 21.6 Å². The summed E-state index contributed by atoms with van der Waals surface area (Å²) in [5, 5.41) is 13.6. The summed E-state index contributed by atoms with van der Waals surface area (Å²) in [6.07, 6.45) is 1.43. The highest BCUT2D eigenvalue weighted by Gasteiger charge is 2.22. The molecule has 2 rings (SSSR count). The fraction of sp³-hybridized carbons (Fsp3) is 0.182. The van der Waals surface area contributed by atoms with Crippen molar-refractivity contribution >= 4 is 27.3 Å². The molecule has 19 heavy (non-hydrogen) atoms. The zero-order valence-electron chi connectivity index (χ0n) is 9.81. The standard InChI is InChI=1S/C11H9BrFN3O3/c1-6-15-7(5-19-6)4-14-9-3-2-8(12)10(13)11(9)16(17)18/h2-3,5,14H,4H2,1H3. The number of nitrogens with one attached hydrogen (secondary N) is 1. The van der Waals surface area contributed by atoms with Gasteiger partial charge >= 0.3 is 5.69 Å². The number of nitrogens with zero attached hydrogens (tertiary/aromatic N) is 2. The monoisotopic (exact) mass is 329 g/mol. The SMILES string of the molecule is Cc1nc(CNc2ccc(Br)c(F)c2[N+](=O)[O-])co1. The second-order valence-corrected chi connectivity index (χ2v) is 4.58. The quantitative estimate of drug-likeness (QED) is 0.686. The molecular weight excluding hydrogens is 321 g/mol. The molecule has 0 saturated carbocycles. The molecule has 100 valence electrons. The van der Waals surface area contributed by atoms with E-state index in [1.807, 2.05) is 0 Å². The average molecular weight is 330 g/mol. The van der Waals surface area contributed by atoms with E-state index in [1.165, 1.54) is 18.4 Å². The molecule has 0 unspecified atom stereocenters. The van der Waals surface area contributed by atoms with Gasteiger partial charge in [-0.3, -0.25) is 10.1 Å². The van der Waals surface area contributed by atoms with Crippen LogP contribution < -0.4 is 5.32 Å². The summed E-state index contributed by atoms with van der Waals surface area (Å²) in [4.78, 5) is 14.2. The Balaban J connectivity index is 2.25. The van der Waals surface area contributed by atoms with Gasteiger partial charge < -0.3 is 9.73 Å². The number of benzene rings is 1. The molecule has 0 aliphatic rings. The molecule has 1 heterocycles. The summed E-state index contributed by atoms with van der Waals surface area (Å²) in [6, 6.07) is 2.83. The van der Waals surface area contributed by atoms with Gasteiger partial charge in [-0.1, -0.05) is 0 Å². The first-order chi connectivity index (χ1) is 8.99. The summed E-state index contributed by atoms with van der Waals surface area (Å²) < 4.78 is 18.7. The van der Waals surface area contributed by atoms with Gasteiger partial charge in [0.25, 0.3) is 0 Å². The summed E-state index contributed by atoms with van der Waals surface area (Å²) in [5.74, 6) is -0.417. The van der Waals surface area contributed by atoms with Gasteiger partial charge in [-0.2, -0.15) is 4.39 Å². The topological polar surface area (TPSA) is 81.2 Å². The Kier molecular flexibility index (Phi) is 3.79. The number of nitro benzene ring substituents is 1. The zero-order chi connectivity index (χ0) is 14.0. The minimum Gasteiger partial charge on any atom is -0.449 e. The minimum absolute atomic E-state index is 0.0435. The van der Waals surface area contributed by atoms with Crippen LogP contribution in [0.25, 0.3) is 0 Å². The molecule has 0 radical (unpaired) electrons. The number of hydrogen-bond acceptors (Lipinski definition) is 5. The Labute approximate surface area is 115 Å². The van der Waals surface area contributed by atoms with Crippen LogP contribution in [0.1, 0.15) is 11.6 Å². The second-order valence-electron chi connectivity index (χ2n) is 3.73. The summed E-state index contributed by atoms with van der Waals surface area (Å²) in [5.41, 5.74) is 0.0658. The summed E-state index contributed by atoms with van der Waals surface area (Å²) in [7, 11) is 0. The third-order valence-electron chi connectivity index (χ3n) is 2.38. The van der Waals surface area contributed by atoms with E-state index >= 15 is 0 Å². The molecule has 0 fully saturated rings. The Morgan fingerprint density at radius 2 is 2.32 bits per heavy atom. The van der Waals surface area contributed by atoms with Gasteiger partial charge in [-0.05, 0) is 28.1 Å². The van der Waals surface area contributed by atoms with Gasteiger partial charge in [0.15, 0.2) is 5.89 Å². The molecule has 1 N–H and O–H groups in total. The van der Waals surface area contributed by atoms with E-state index < -0.39 is 16.4 Å². The molecule has 1 aromatic heterocycles. The fourth-order valence-corrected chi connectivity index (χ4v) is 1.86. The van der Waals surface area contributed by atoms with Gasteiger partial charge in [-0.15, -0.1) is 0 Å². The summed E-state index contributed by atoms with van der Waals surface area (Å²) in [6.45, 7) is 1.89. The van der Waals surface area contributed by atoms with Crippen molar-refractivity contribution in [3.05, 3.63) is 50.4 Å². The van der Waals surface area contributed by atoms with Crippen LogP contribution in [0.2, 0.25) is 0 Å². The first-order valence-electron chi connectivity index (χ1n) is 5.26. The van der Waals surface area contributed by atoms with Crippen LogP contribution in [0.4, 0.5) is 15.8 Å². The van der Waals surface area contributed by atoms with E-state index in [1.54, 1.807) is 6.92 Å². The van der Waals surface area contributed by atoms with Crippen molar-refractivity contribution in [1.82, 2.24) is 4.98 Å². The highest BCUT2D eigenvalue weighted by Crippen LogP contribution is 2.32. The maximum absolute atomic E-state index is 13.7. The highest BCUT2D eigenvalue weighted by molar-refractivity contribution is 9.10. The van der Waals surface area contributed by atoms with E-state index in [-0.39, 0.29) is 16.7 Å².